The Kier molecular flexibility index (Phi) is 6.17. The number of nitrogens with zero attached hydrogens (tertiary/aromatic N) is 1. The second-order valence-electron chi connectivity index (χ2n) is 8.77. The Bertz CT molecular complexity index is 991. The summed E-state index contributed by atoms with van der Waals surface area (Å²) >= 11 is 0. The van der Waals surface area contributed by atoms with Crippen molar-refractivity contribution in [2.45, 2.75) is 32.2 Å². The van der Waals surface area contributed by atoms with Gasteiger partial charge >= 0.3 is 12.1 Å². The van der Waals surface area contributed by atoms with Gasteiger partial charge in [-0.25, -0.2) is 4.79 Å². The fraction of sp³-hybridized carbons (Fsp3) is 0.400. The average Bonchev–Trinajstić information content (AvgIpc) is 3.29. The maximum Gasteiger partial charge on any atom is 0.407 e. The van der Waals surface area contributed by atoms with E-state index in [0.29, 0.717) is 13.1 Å². The molecule has 1 saturated heterocycles. The van der Waals surface area contributed by atoms with E-state index in [2.05, 4.69) is 29.6 Å². The number of hydrogen-bond acceptors (Lipinski definition) is 4. The Hall–Kier alpha value is -3.35. The highest BCUT2D eigenvalue weighted by atomic mass is 16.5. The molecule has 0 spiro atoms. The largest absolute Gasteiger partial charge is 0.481 e. The zero-order valence-electron chi connectivity index (χ0n) is 18.3. The van der Waals surface area contributed by atoms with Crippen molar-refractivity contribution in [3.05, 3.63) is 59.7 Å². The van der Waals surface area contributed by atoms with Gasteiger partial charge in [0.15, 0.2) is 0 Å². The predicted molar refractivity (Wildman–Crippen MR) is 119 cm³/mol. The first kappa shape index (κ1) is 21.9. The Morgan fingerprint density at radius 1 is 1.06 bits per heavy atom. The summed E-state index contributed by atoms with van der Waals surface area (Å²) in [6, 6.07) is 15.5. The zero-order valence-corrected chi connectivity index (χ0v) is 18.3. The molecule has 32 heavy (non-hydrogen) atoms. The lowest BCUT2D eigenvalue weighted by molar-refractivity contribution is -0.138. The van der Waals surface area contributed by atoms with Crippen molar-refractivity contribution in [1.29, 1.82) is 0 Å². The van der Waals surface area contributed by atoms with E-state index in [4.69, 9.17) is 9.84 Å². The zero-order chi connectivity index (χ0) is 22.8. The number of likely N-dealkylation sites (tertiary alicyclic amines) is 1. The van der Waals surface area contributed by atoms with Gasteiger partial charge in [-0.1, -0.05) is 55.5 Å². The summed E-state index contributed by atoms with van der Waals surface area (Å²) in [5, 5.41) is 11.7. The van der Waals surface area contributed by atoms with Crippen LogP contribution in [0.25, 0.3) is 11.1 Å². The van der Waals surface area contributed by atoms with Crippen LogP contribution in [-0.2, 0) is 14.3 Å². The van der Waals surface area contributed by atoms with Crippen LogP contribution >= 0.6 is 0 Å². The first-order chi connectivity index (χ1) is 15.3. The highest BCUT2D eigenvalue weighted by Crippen LogP contribution is 2.44. The van der Waals surface area contributed by atoms with Crippen LogP contribution in [0.3, 0.4) is 0 Å². The fourth-order valence-electron chi connectivity index (χ4n) is 4.86. The Morgan fingerprint density at radius 2 is 1.66 bits per heavy atom. The molecule has 168 valence electrons. The summed E-state index contributed by atoms with van der Waals surface area (Å²) in [5.41, 5.74) is 4.56. The molecule has 0 saturated carbocycles. The van der Waals surface area contributed by atoms with Gasteiger partial charge in [-0.15, -0.1) is 0 Å². The van der Waals surface area contributed by atoms with Gasteiger partial charge in [0.1, 0.15) is 12.6 Å². The molecule has 0 bridgehead atoms. The Balaban J connectivity index is 1.34. The molecule has 1 heterocycles. The van der Waals surface area contributed by atoms with Crippen LogP contribution in [0.15, 0.2) is 48.5 Å². The summed E-state index contributed by atoms with van der Waals surface area (Å²) in [4.78, 5) is 37.8. The van der Waals surface area contributed by atoms with Gasteiger partial charge in [0.2, 0.25) is 5.91 Å². The molecule has 0 aromatic heterocycles. The van der Waals surface area contributed by atoms with E-state index < -0.39 is 18.1 Å². The minimum absolute atomic E-state index is 0.0408. The second kappa shape index (κ2) is 9.02. The van der Waals surface area contributed by atoms with E-state index in [-0.39, 0.29) is 36.7 Å². The fourth-order valence-corrected chi connectivity index (χ4v) is 4.86. The SMILES string of the molecule is CC1CN(C(=O)[C@@H](C)NC(=O)OCC2c3ccccc3-c3ccccc32)CC1CC(=O)O. The molecule has 1 aliphatic heterocycles. The lowest BCUT2D eigenvalue weighted by Crippen LogP contribution is -2.46. The number of fused-ring (bicyclic) bond motifs is 3. The number of nitrogens with one attached hydrogen (secondary N) is 1. The van der Waals surface area contributed by atoms with Crippen LogP contribution < -0.4 is 5.32 Å². The topological polar surface area (TPSA) is 95.9 Å². The molecular formula is C25H28N2O5. The van der Waals surface area contributed by atoms with Gasteiger partial charge in [0.05, 0.1) is 6.42 Å². The number of alkyl carbamates (subject to hydrolysis) is 1. The molecule has 2 N–H and O–H groups in total. The van der Waals surface area contributed by atoms with E-state index in [1.807, 2.05) is 31.2 Å². The van der Waals surface area contributed by atoms with Crippen LogP contribution in [0.1, 0.15) is 37.3 Å². The summed E-state index contributed by atoms with van der Waals surface area (Å²) in [6.45, 7) is 4.64. The number of carboxylic acid groups (broad SMARTS) is 1. The summed E-state index contributed by atoms with van der Waals surface area (Å²) in [7, 11) is 0. The number of carboxylic acids is 1. The minimum Gasteiger partial charge on any atom is -0.481 e. The van der Waals surface area contributed by atoms with Crippen LogP contribution in [-0.4, -0.2) is 53.7 Å². The number of amides is 2. The van der Waals surface area contributed by atoms with Crippen molar-refractivity contribution in [3.8, 4) is 11.1 Å². The molecule has 7 heteroatoms. The van der Waals surface area contributed by atoms with Gasteiger partial charge in [-0.05, 0) is 41.0 Å². The molecule has 2 aromatic rings. The predicted octanol–water partition coefficient (Wildman–Crippen LogP) is 3.48. The standard InChI is InChI=1S/C25H28N2O5/c1-15-12-27(13-17(15)11-23(28)29)24(30)16(2)26-25(31)32-14-22-20-9-5-3-7-18(20)19-8-4-6-10-21(19)22/h3-10,15-17,22H,11-14H2,1-2H3,(H,26,31)(H,28,29)/t15?,16-,17?/m1/s1. The van der Waals surface area contributed by atoms with Crippen LogP contribution in [0.2, 0.25) is 0 Å². The maximum atomic E-state index is 12.8. The van der Waals surface area contributed by atoms with Gasteiger partial charge in [-0.2, -0.15) is 0 Å². The van der Waals surface area contributed by atoms with E-state index in [9.17, 15) is 14.4 Å². The first-order valence-electron chi connectivity index (χ1n) is 11.0. The third kappa shape index (κ3) is 4.33. The molecule has 1 aliphatic carbocycles. The summed E-state index contributed by atoms with van der Waals surface area (Å²) in [6.07, 6.45) is -0.596. The molecule has 0 radical (unpaired) electrons. The van der Waals surface area contributed by atoms with Gasteiger partial charge in [0.25, 0.3) is 0 Å². The van der Waals surface area contributed by atoms with Crippen LogP contribution in [0.4, 0.5) is 4.79 Å². The number of carbonyl (C=O) groups is 3. The van der Waals surface area contributed by atoms with Crippen molar-refractivity contribution in [1.82, 2.24) is 10.2 Å². The van der Waals surface area contributed by atoms with Crippen LogP contribution in [0.5, 0.6) is 0 Å². The molecule has 2 unspecified atom stereocenters. The van der Waals surface area contributed by atoms with Crippen molar-refractivity contribution in [2.24, 2.45) is 11.8 Å². The molecule has 3 atom stereocenters. The van der Waals surface area contributed by atoms with Crippen molar-refractivity contribution >= 4 is 18.0 Å². The van der Waals surface area contributed by atoms with Crippen molar-refractivity contribution < 1.29 is 24.2 Å². The number of rotatable bonds is 6. The van der Waals surface area contributed by atoms with Crippen molar-refractivity contribution in [2.75, 3.05) is 19.7 Å². The van der Waals surface area contributed by atoms with E-state index in [0.717, 1.165) is 22.3 Å². The highest BCUT2D eigenvalue weighted by molar-refractivity contribution is 5.85. The number of benzene rings is 2. The van der Waals surface area contributed by atoms with Crippen LogP contribution in [0, 0.1) is 11.8 Å². The third-order valence-corrected chi connectivity index (χ3v) is 6.56. The molecule has 2 aliphatic rings. The number of hydrogen-bond donors (Lipinski definition) is 2. The van der Waals surface area contributed by atoms with Gasteiger partial charge in [-0.3, -0.25) is 9.59 Å². The lowest BCUT2D eigenvalue weighted by atomic mass is 9.95. The van der Waals surface area contributed by atoms with E-state index in [1.54, 1.807) is 11.8 Å². The van der Waals surface area contributed by atoms with Crippen molar-refractivity contribution in [3.63, 3.8) is 0 Å². The van der Waals surface area contributed by atoms with Gasteiger partial charge in [0, 0.05) is 19.0 Å². The minimum atomic E-state index is -0.860. The molecular weight excluding hydrogens is 408 g/mol. The van der Waals surface area contributed by atoms with Gasteiger partial charge < -0.3 is 20.1 Å². The Labute approximate surface area is 187 Å². The lowest BCUT2D eigenvalue weighted by Gasteiger charge is -2.22. The smallest absolute Gasteiger partial charge is 0.407 e. The summed E-state index contributed by atoms with van der Waals surface area (Å²) in [5.74, 6) is -1.09. The summed E-state index contributed by atoms with van der Waals surface area (Å²) < 4.78 is 5.52. The number of carbonyl (C=O) groups excluding carboxylic acids is 2. The monoisotopic (exact) mass is 436 g/mol. The average molecular weight is 437 g/mol. The van der Waals surface area contributed by atoms with E-state index >= 15 is 0 Å². The quantitative estimate of drug-likeness (QED) is 0.723. The number of ether oxygens (including phenoxy) is 1. The second-order valence-corrected chi connectivity index (χ2v) is 8.77. The Morgan fingerprint density at radius 3 is 2.25 bits per heavy atom. The molecule has 2 aromatic carbocycles. The molecule has 7 nitrogen and oxygen atoms in total. The number of aliphatic carboxylic acids is 1. The molecule has 4 rings (SSSR count). The first-order valence-corrected chi connectivity index (χ1v) is 11.0. The third-order valence-electron chi connectivity index (χ3n) is 6.56. The molecule has 2 amide bonds. The highest BCUT2D eigenvalue weighted by Gasteiger charge is 2.36. The normalized spacial score (nSPS) is 20.4. The maximum absolute atomic E-state index is 12.8. The molecule has 1 fully saturated rings. The van der Waals surface area contributed by atoms with E-state index in [1.165, 1.54) is 0 Å².